The predicted octanol–water partition coefficient (Wildman–Crippen LogP) is 2.35. The molecule has 0 fully saturated rings. The Hall–Kier alpha value is -2.67. The van der Waals surface area contributed by atoms with Gasteiger partial charge in [0.25, 0.3) is 0 Å². The average Bonchev–Trinajstić information content (AvgIpc) is 3.08. The molecular weight excluding hydrogens is 366 g/mol. The van der Waals surface area contributed by atoms with Gasteiger partial charge in [0.15, 0.2) is 0 Å². The second kappa shape index (κ2) is 9.69. The second-order valence-corrected chi connectivity index (χ2v) is 7.67. The van der Waals surface area contributed by atoms with Crippen molar-refractivity contribution < 1.29 is 9.59 Å². The lowest BCUT2D eigenvalue weighted by atomic mass is 10.1. The van der Waals surface area contributed by atoms with Crippen molar-refractivity contribution >= 4 is 17.6 Å². The van der Waals surface area contributed by atoms with Crippen LogP contribution in [-0.4, -0.2) is 52.7 Å². The highest BCUT2D eigenvalue weighted by atomic mass is 16.2. The van der Waals surface area contributed by atoms with E-state index in [1.807, 2.05) is 42.8 Å². The molecule has 0 saturated heterocycles. The molecule has 3 rings (SSSR count). The molecular formula is C22H31N5O2. The third-order valence-corrected chi connectivity index (χ3v) is 5.25. The number of hydrogen-bond donors (Lipinski definition) is 1. The quantitative estimate of drug-likeness (QED) is 0.660. The van der Waals surface area contributed by atoms with Crippen LogP contribution in [0.5, 0.6) is 0 Å². The third kappa shape index (κ3) is 5.23. The lowest BCUT2D eigenvalue weighted by Crippen LogP contribution is -2.52. The van der Waals surface area contributed by atoms with E-state index in [1.54, 1.807) is 4.90 Å². The number of nitrogens with one attached hydrogen (secondary N) is 1. The lowest BCUT2D eigenvalue weighted by Gasteiger charge is -2.33. The highest BCUT2D eigenvalue weighted by Crippen LogP contribution is 2.26. The molecule has 2 aromatic rings. The monoisotopic (exact) mass is 397 g/mol. The zero-order valence-electron chi connectivity index (χ0n) is 17.6. The van der Waals surface area contributed by atoms with Gasteiger partial charge in [0.1, 0.15) is 11.9 Å². The Bertz CT molecular complexity index is 833. The number of benzene rings is 1. The van der Waals surface area contributed by atoms with Gasteiger partial charge in [-0.05, 0) is 38.9 Å². The smallest absolute Gasteiger partial charge is 0.243 e. The standard InChI is InChI=1S/C22H31N5O2/c1-4-19(27-20-15-17(2)24-26(20)14-11-21(27)28)22(29)23-12-8-13-25(3)16-18-9-6-5-7-10-18/h5-7,9-10,15,19H,4,8,11-14,16H2,1-3H3,(H,23,29)/t19-/m1/s1. The molecule has 1 aliphatic heterocycles. The topological polar surface area (TPSA) is 70.5 Å². The van der Waals surface area contributed by atoms with Crippen molar-refractivity contribution in [3.63, 3.8) is 0 Å². The zero-order valence-corrected chi connectivity index (χ0v) is 17.6. The Labute approximate surface area is 172 Å². The zero-order chi connectivity index (χ0) is 20.8. The van der Waals surface area contributed by atoms with Crippen LogP contribution in [0.25, 0.3) is 0 Å². The van der Waals surface area contributed by atoms with Crippen LogP contribution < -0.4 is 10.2 Å². The second-order valence-electron chi connectivity index (χ2n) is 7.67. The Morgan fingerprint density at radius 3 is 2.79 bits per heavy atom. The maximum atomic E-state index is 12.8. The Balaban J connectivity index is 1.51. The molecule has 29 heavy (non-hydrogen) atoms. The minimum Gasteiger partial charge on any atom is -0.354 e. The number of aryl methyl sites for hydroxylation is 2. The van der Waals surface area contributed by atoms with Crippen LogP contribution in [0, 0.1) is 6.92 Å². The van der Waals surface area contributed by atoms with E-state index in [9.17, 15) is 9.59 Å². The molecule has 156 valence electrons. The van der Waals surface area contributed by atoms with Gasteiger partial charge in [-0.3, -0.25) is 14.5 Å². The van der Waals surface area contributed by atoms with E-state index in [2.05, 4.69) is 34.5 Å². The van der Waals surface area contributed by atoms with E-state index >= 15 is 0 Å². The summed E-state index contributed by atoms with van der Waals surface area (Å²) in [6, 6.07) is 11.7. The highest BCUT2D eigenvalue weighted by molar-refractivity contribution is 6.00. The van der Waals surface area contributed by atoms with E-state index in [0.717, 1.165) is 31.0 Å². The summed E-state index contributed by atoms with van der Waals surface area (Å²) in [5.74, 6) is 0.615. The number of nitrogens with zero attached hydrogens (tertiary/aromatic N) is 4. The average molecular weight is 398 g/mol. The summed E-state index contributed by atoms with van der Waals surface area (Å²) in [6.07, 6.45) is 1.80. The first-order chi connectivity index (χ1) is 14.0. The molecule has 7 nitrogen and oxygen atoms in total. The first-order valence-corrected chi connectivity index (χ1v) is 10.4. The molecule has 7 heteroatoms. The Morgan fingerprint density at radius 2 is 2.07 bits per heavy atom. The number of hydrogen-bond acceptors (Lipinski definition) is 4. The molecule has 2 heterocycles. The first-order valence-electron chi connectivity index (χ1n) is 10.4. The van der Waals surface area contributed by atoms with Crippen LogP contribution in [-0.2, 0) is 22.7 Å². The van der Waals surface area contributed by atoms with Crippen LogP contribution in [0.15, 0.2) is 36.4 Å². The molecule has 0 spiro atoms. The van der Waals surface area contributed by atoms with E-state index in [1.165, 1.54) is 5.56 Å². The van der Waals surface area contributed by atoms with Gasteiger partial charge in [0.05, 0.1) is 12.2 Å². The molecule has 2 amide bonds. The summed E-state index contributed by atoms with van der Waals surface area (Å²) in [5, 5.41) is 7.45. The van der Waals surface area contributed by atoms with Crippen molar-refractivity contribution in [2.45, 2.75) is 52.2 Å². The van der Waals surface area contributed by atoms with Gasteiger partial charge in [-0.2, -0.15) is 5.10 Å². The molecule has 0 aliphatic carbocycles. The normalized spacial score (nSPS) is 14.8. The van der Waals surface area contributed by atoms with Gasteiger partial charge in [-0.1, -0.05) is 37.3 Å². The van der Waals surface area contributed by atoms with Crippen molar-refractivity contribution in [3.05, 3.63) is 47.7 Å². The van der Waals surface area contributed by atoms with Crippen molar-refractivity contribution in [2.75, 3.05) is 25.0 Å². The molecule has 1 atom stereocenters. The fourth-order valence-electron chi connectivity index (χ4n) is 3.81. The summed E-state index contributed by atoms with van der Waals surface area (Å²) in [6.45, 7) is 6.78. The van der Waals surface area contributed by atoms with Crippen LogP contribution in [0.3, 0.4) is 0 Å². The number of anilines is 1. The molecule has 1 aliphatic rings. The maximum absolute atomic E-state index is 12.8. The van der Waals surface area contributed by atoms with Crippen LogP contribution >= 0.6 is 0 Å². The number of amides is 2. The molecule has 1 N–H and O–H groups in total. The van der Waals surface area contributed by atoms with Crippen LogP contribution in [0.1, 0.15) is 37.4 Å². The third-order valence-electron chi connectivity index (χ3n) is 5.25. The largest absolute Gasteiger partial charge is 0.354 e. The molecule has 0 unspecified atom stereocenters. The Kier molecular flexibility index (Phi) is 7.04. The summed E-state index contributed by atoms with van der Waals surface area (Å²) < 4.78 is 1.82. The number of rotatable bonds is 9. The van der Waals surface area contributed by atoms with Gasteiger partial charge < -0.3 is 10.2 Å². The summed E-state index contributed by atoms with van der Waals surface area (Å²) in [5.41, 5.74) is 2.14. The first kappa shape index (κ1) is 21.0. The summed E-state index contributed by atoms with van der Waals surface area (Å²) >= 11 is 0. The molecule has 0 saturated carbocycles. The molecule has 0 bridgehead atoms. The summed E-state index contributed by atoms with van der Waals surface area (Å²) in [4.78, 5) is 29.3. The van der Waals surface area contributed by atoms with Crippen molar-refractivity contribution in [1.29, 1.82) is 0 Å². The van der Waals surface area contributed by atoms with Gasteiger partial charge in [-0.25, -0.2) is 4.68 Å². The lowest BCUT2D eigenvalue weighted by molar-refractivity contribution is -0.127. The fraction of sp³-hybridized carbons (Fsp3) is 0.500. The van der Waals surface area contributed by atoms with Crippen LogP contribution in [0.4, 0.5) is 5.82 Å². The van der Waals surface area contributed by atoms with E-state index < -0.39 is 6.04 Å². The van der Waals surface area contributed by atoms with Gasteiger partial charge in [0, 0.05) is 25.6 Å². The van der Waals surface area contributed by atoms with E-state index in [0.29, 0.717) is 25.9 Å². The molecule has 1 aromatic carbocycles. The minimum atomic E-state index is -0.500. The van der Waals surface area contributed by atoms with Gasteiger partial charge >= 0.3 is 0 Å². The summed E-state index contributed by atoms with van der Waals surface area (Å²) in [7, 11) is 2.08. The van der Waals surface area contributed by atoms with Crippen molar-refractivity contribution in [3.8, 4) is 0 Å². The Morgan fingerprint density at radius 1 is 1.31 bits per heavy atom. The number of fused-ring (bicyclic) bond motifs is 1. The van der Waals surface area contributed by atoms with Crippen molar-refractivity contribution in [1.82, 2.24) is 20.0 Å². The van der Waals surface area contributed by atoms with Crippen molar-refractivity contribution in [2.24, 2.45) is 0 Å². The highest BCUT2D eigenvalue weighted by Gasteiger charge is 2.34. The predicted molar refractivity (Wildman–Crippen MR) is 114 cm³/mol. The van der Waals surface area contributed by atoms with Gasteiger partial charge in [-0.15, -0.1) is 0 Å². The molecule has 1 aromatic heterocycles. The molecule has 0 radical (unpaired) electrons. The minimum absolute atomic E-state index is 0.0120. The maximum Gasteiger partial charge on any atom is 0.243 e. The fourth-order valence-corrected chi connectivity index (χ4v) is 3.81. The number of aromatic nitrogens is 2. The van der Waals surface area contributed by atoms with Crippen LogP contribution in [0.2, 0.25) is 0 Å². The van der Waals surface area contributed by atoms with E-state index in [-0.39, 0.29) is 11.8 Å². The SMILES string of the molecule is CC[C@H](C(=O)NCCCN(C)Cc1ccccc1)N1C(=O)CCn2nc(C)cc21. The van der Waals surface area contributed by atoms with E-state index in [4.69, 9.17) is 0 Å². The number of carbonyl (C=O) groups is 2. The van der Waals surface area contributed by atoms with Gasteiger partial charge in [0.2, 0.25) is 11.8 Å². The number of carbonyl (C=O) groups excluding carboxylic acids is 2.